The lowest BCUT2D eigenvalue weighted by Crippen LogP contribution is -2.49. The van der Waals surface area contributed by atoms with Crippen LogP contribution in [0.5, 0.6) is 11.5 Å². The number of nitrogens with zero attached hydrogens (tertiary/aromatic N) is 6. The normalized spacial score (nSPS) is 15.5. The van der Waals surface area contributed by atoms with Crippen LogP contribution in [0.3, 0.4) is 0 Å². The number of carbonyl (C=O) groups is 1. The molecule has 0 radical (unpaired) electrons. The Labute approximate surface area is 284 Å². The zero-order valence-corrected chi connectivity index (χ0v) is 27.9. The van der Waals surface area contributed by atoms with E-state index >= 15 is 0 Å². The third-order valence-corrected chi connectivity index (χ3v) is 8.81. The number of ether oxygens (including phenoxy) is 3. The zero-order valence-electron chi connectivity index (χ0n) is 27.1. The lowest BCUT2D eigenvalue weighted by Gasteiger charge is -2.41. The van der Waals surface area contributed by atoms with Crippen molar-refractivity contribution in [3.8, 4) is 11.5 Å². The first kappa shape index (κ1) is 33.1. The SMILES string of the molecule is C=CC(=O)Nc1cc(Nc2ncc(Cl)c(Nc3ccccc3OCc3nccn3C)n2)c(OC)cc1N1CCC(N2CCOCC2)CC1. The summed E-state index contributed by atoms with van der Waals surface area (Å²) in [4.78, 5) is 30.7. The number of para-hydroxylation sites is 2. The summed E-state index contributed by atoms with van der Waals surface area (Å²) < 4.78 is 19.3. The van der Waals surface area contributed by atoms with Crippen LogP contribution < -0.4 is 30.3 Å². The number of nitrogens with one attached hydrogen (secondary N) is 3. The molecule has 2 aliphatic heterocycles. The molecule has 0 spiro atoms. The topological polar surface area (TPSA) is 131 Å². The summed E-state index contributed by atoms with van der Waals surface area (Å²) in [5.74, 6) is 2.30. The van der Waals surface area contributed by atoms with E-state index < -0.39 is 0 Å². The van der Waals surface area contributed by atoms with Crippen molar-refractivity contribution >= 4 is 52.0 Å². The van der Waals surface area contributed by atoms with Crippen LogP contribution in [-0.2, 0) is 23.2 Å². The van der Waals surface area contributed by atoms with Crippen molar-refractivity contribution in [1.29, 1.82) is 0 Å². The van der Waals surface area contributed by atoms with Crippen molar-refractivity contribution in [3.05, 3.63) is 78.5 Å². The molecule has 2 saturated heterocycles. The summed E-state index contributed by atoms with van der Waals surface area (Å²) in [6.45, 7) is 9.12. The zero-order chi connectivity index (χ0) is 33.5. The second-order valence-electron chi connectivity index (χ2n) is 11.5. The first-order valence-corrected chi connectivity index (χ1v) is 16.3. The summed E-state index contributed by atoms with van der Waals surface area (Å²) in [7, 11) is 3.52. The molecule has 0 unspecified atom stereocenters. The van der Waals surface area contributed by atoms with E-state index in [0.717, 1.165) is 63.7 Å². The number of anilines is 6. The fraction of sp³-hybridized carbons (Fsp3) is 0.353. The Bertz CT molecular complexity index is 1740. The predicted octanol–water partition coefficient (Wildman–Crippen LogP) is 5.36. The molecule has 13 nitrogen and oxygen atoms in total. The molecule has 6 rings (SSSR count). The highest BCUT2D eigenvalue weighted by Gasteiger charge is 2.28. The van der Waals surface area contributed by atoms with Gasteiger partial charge in [-0.3, -0.25) is 9.69 Å². The van der Waals surface area contributed by atoms with Gasteiger partial charge in [-0.25, -0.2) is 9.97 Å². The third kappa shape index (κ3) is 7.81. The molecule has 2 fully saturated rings. The fourth-order valence-corrected chi connectivity index (χ4v) is 6.07. The van der Waals surface area contributed by atoms with Crippen LogP contribution in [0.4, 0.5) is 34.5 Å². The second-order valence-corrected chi connectivity index (χ2v) is 11.9. The number of rotatable bonds is 12. The van der Waals surface area contributed by atoms with Crippen LogP contribution in [0.25, 0.3) is 0 Å². The highest BCUT2D eigenvalue weighted by Crippen LogP contribution is 2.40. The van der Waals surface area contributed by atoms with Crippen molar-refractivity contribution in [3.63, 3.8) is 0 Å². The predicted molar refractivity (Wildman–Crippen MR) is 187 cm³/mol. The van der Waals surface area contributed by atoms with Gasteiger partial charge in [-0.15, -0.1) is 0 Å². The van der Waals surface area contributed by atoms with Crippen molar-refractivity contribution < 1.29 is 19.0 Å². The molecular formula is C34H40ClN9O4. The van der Waals surface area contributed by atoms with Gasteiger partial charge in [0.15, 0.2) is 5.82 Å². The molecule has 4 heterocycles. The largest absolute Gasteiger partial charge is 0.494 e. The monoisotopic (exact) mass is 673 g/mol. The molecule has 14 heteroatoms. The van der Waals surface area contributed by atoms with Gasteiger partial charge in [-0.1, -0.05) is 30.3 Å². The van der Waals surface area contributed by atoms with Gasteiger partial charge in [-0.2, -0.15) is 4.98 Å². The number of halogens is 1. The number of amides is 1. The number of imidazole rings is 1. The van der Waals surface area contributed by atoms with E-state index in [1.807, 2.05) is 54.2 Å². The lowest BCUT2D eigenvalue weighted by atomic mass is 10.0. The van der Waals surface area contributed by atoms with Gasteiger partial charge < -0.3 is 39.6 Å². The van der Waals surface area contributed by atoms with Crippen LogP contribution in [0.1, 0.15) is 18.7 Å². The summed E-state index contributed by atoms with van der Waals surface area (Å²) in [6.07, 6.45) is 8.39. The van der Waals surface area contributed by atoms with E-state index in [0.29, 0.717) is 52.1 Å². The minimum Gasteiger partial charge on any atom is -0.494 e. The maximum absolute atomic E-state index is 12.5. The van der Waals surface area contributed by atoms with Gasteiger partial charge in [0.1, 0.15) is 29.0 Å². The van der Waals surface area contributed by atoms with Crippen molar-refractivity contribution in [2.75, 3.05) is 67.4 Å². The quantitative estimate of drug-likeness (QED) is 0.168. The highest BCUT2D eigenvalue weighted by molar-refractivity contribution is 6.33. The number of aromatic nitrogens is 4. The molecule has 3 N–H and O–H groups in total. The Hall–Kier alpha value is -4.85. The van der Waals surface area contributed by atoms with Crippen LogP contribution in [0.15, 0.2) is 67.6 Å². The van der Waals surface area contributed by atoms with Gasteiger partial charge in [-0.05, 0) is 37.1 Å². The summed E-state index contributed by atoms with van der Waals surface area (Å²) in [5.41, 5.74) is 2.73. The number of methoxy groups -OCH3 is 1. The van der Waals surface area contributed by atoms with E-state index in [-0.39, 0.29) is 11.9 Å². The van der Waals surface area contributed by atoms with Gasteiger partial charge in [0, 0.05) is 57.7 Å². The molecule has 0 atom stereocenters. The number of piperidine rings is 1. The average Bonchev–Trinajstić information content (AvgIpc) is 3.54. The van der Waals surface area contributed by atoms with Crippen LogP contribution >= 0.6 is 11.6 Å². The average molecular weight is 674 g/mol. The number of morpholine rings is 1. The van der Waals surface area contributed by atoms with E-state index in [4.69, 9.17) is 25.8 Å². The van der Waals surface area contributed by atoms with Gasteiger partial charge in [0.2, 0.25) is 11.9 Å². The minimum absolute atomic E-state index is 0.270. The van der Waals surface area contributed by atoms with Crippen molar-refractivity contribution in [2.45, 2.75) is 25.5 Å². The molecule has 252 valence electrons. The molecule has 0 saturated carbocycles. The number of aryl methyl sites for hydroxylation is 1. The molecule has 1 amide bonds. The second kappa shape index (κ2) is 15.4. The first-order chi connectivity index (χ1) is 23.4. The van der Waals surface area contributed by atoms with E-state index in [9.17, 15) is 4.79 Å². The molecular weight excluding hydrogens is 634 g/mol. The number of hydrogen-bond donors (Lipinski definition) is 3. The molecule has 4 aromatic rings. The van der Waals surface area contributed by atoms with Crippen LogP contribution in [0.2, 0.25) is 5.02 Å². The molecule has 0 bridgehead atoms. The summed E-state index contributed by atoms with van der Waals surface area (Å²) in [6, 6.07) is 11.8. The molecule has 0 aliphatic carbocycles. The molecule has 48 heavy (non-hydrogen) atoms. The first-order valence-electron chi connectivity index (χ1n) is 15.9. The lowest BCUT2D eigenvalue weighted by molar-refractivity contribution is -0.111. The maximum atomic E-state index is 12.5. The molecule has 2 aromatic carbocycles. The van der Waals surface area contributed by atoms with Gasteiger partial charge in [0.05, 0.1) is 49.3 Å². The standard InChI is InChI=1S/C34H40ClN9O4/c1-4-32(45)38-26-19-27(30(46-3)20-28(26)44-12-9-23(10-13-44)43-15-17-47-18-16-43)40-34-37-21-24(35)33(41-34)39-25-7-5-6-8-29(25)48-22-31-36-11-14-42(31)2/h4-8,11,14,19-21,23H,1,9-10,12-13,15-18,22H2,2-3H3,(H,38,45)(H2,37,39,40,41). The van der Waals surface area contributed by atoms with Crippen molar-refractivity contribution in [1.82, 2.24) is 24.4 Å². The Morgan fingerprint density at radius 3 is 2.58 bits per heavy atom. The van der Waals surface area contributed by atoms with Crippen LogP contribution in [-0.4, -0.2) is 82.9 Å². The fourth-order valence-electron chi connectivity index (χ4n) is 5.93. The van der Waals surface area contributed by atoms with E-state index in [1.54, 1.807) is 13.3 Å². The van der Waals surface area contributed by atoms with Crippen LogP contribution in [0, 0.1) is 0 Å². The number of carbonyl (C=O) groups excluding carboxylic acids is 1. The van der Waals surface area contributed by atoms with E-state index in [1.165, 1.54) is 12.3 Å². The van der Waals surface area contributed by atoms with Gasteiger partial charge in [0.25, 0.3) is 0 Å². The summed E-state index contributed by atoms with van der Waals surface area (Å²) in [5, 5.41) is 9.82. The smallest absolute Gasteiger partial charge is 0.247 e. The third-order valence-electron chi connectivity index (χ3n) is 8.54. The number of benzene rings is 2. The highest BCUT2D eigenvalue weighted by atomic mass is 35.5. The Kier molecular flexibility index (Phi) is 10.6. The molecule has 2 aromatic heterocycles. The Morgan fingerprint density at radius 2 is 1.85 bits per heavy atom. The van der Waals surface area contributed by atoms with Crippen molar-refractivity contribution in [2.24, 2.45) is 7.05 Å². The maximum Gasteiger partial charge on any atom is 0.247 e. The number of hydrogen-bond acceptors (Lipinski definition) is 11. The summed E-state index contributed by atoms with van der Waals surface area (Å²) >= 11 is 6.54. The van der Waals surface area contributed by atoms with Gasteiger partial charge >= 0.3 is 0 Å². The Morgan fingerprint density at radius 1 is 1.06 bits per heavy atom. The molecule has 2 aliphatic rings. The van der Waals surface area contributed by atoms with E-state index in [2.05, 4.69) is 47.3 Å². The Balaban J connectivity index is 1.21. The minimum atomic E-state index is -0.311.